The average molecular weight is 254 g/mol. The summed E-state index contributed by atoms with van der Waals surface area (Å²) < 4.78 is 0. The van der Waals surface area contributed by atoms with Gasteiger partial charge in [-0.1, -0.05) is 24.3 Å². The van der Waals surface area contributed by atoms with E-state index in [0.717, 1.165) is 18.0 Å². The van der Waals surface area contributed by atoms with Crippen LogP contribution in [0.5, 0.6) is 0 Å². The van der Waals surface area contributed by atoms with E-state index in [-0.39, 0.29) is 0 Å². The van der Waals surface area contributed by atoms with Crippen molar-refractivity contribution in [3.8, 4) is 0 Å². The molecule has 100 valence electrons. The molecule has 1 heterocycles. The lowest BCUT2D eigenvalue weighted by Gasteiger charge is -2.28. The second-order valence-corrected chi connectivity index (χ2v) is 5.72. The molecule has 2 nitrogen and oxygen atoms in total. The highest BCUT2D eigenvalue weighted by atomic mass is 14.7. The smallest absolute Gasteiger partial charge is 0.0705 e. The molecule has 0 spiro atoms. The summed E-state index contributed by atoms with van der Waals surface area (Å²) in [6.07, 6.45) is 6.37. The zero-order chi connectivity index (χ0) is 13.1. The standard InChI is InChI=1S/C17H22N2/c18-12-11-13-5-7-15(8-6-13)17-10-9-14-3-1-2-4-16(14)19-17/h1-4,9-10,13,15H,5-8,11-12,18H2. The number of para-hydroxylation sites is 1. The maximum atomic E-state index is 5.66. The summed E-state index contributed by atoms with van der Waals surface area (Å²) in [5.74, 6) is 1.50. The van der Waals surface area contributed by atoms with Gasteiger partial charge in [0.15, 0.2) is 0 Å². The van der Waals surface area contributed by atoms with E-state index in [1.54, 1.807) is 0 Å². The van der Waals surface area contributed by atoms with Crippen LogP contribution < -0.4 is 5.73 Å². The number of nitrogens with two attached hydrogens (primary N) is 1. The van der Waals surface area contributed by atoms with E-state index < -0.39 is 0 Å². The molecule has 1 aliphatic carbocycles. The van der Waals surface area contributed by atoms with Crippen LogP contribution in [0.25, 0.3) is 10.9 Å². The maximum Gasteiger partial charge on any atom is 0.0705 e. The molecule has 2 N–H and O–H groups in total. The Morgan fingerprint density at radius 2 is 1.79 bits per heavy atom. The van der Waals surface area contributed by atoms with Crippen LogP contribution in [0.3, 0.4) is 0 Å². The Bertz CT molecular complexity index is 542. The number of hydrogen-bond donors (Lipinski definition) is 1. The number of nitrogens with zero attached hydrogens (tertiary/aromatic N) is 1. The SMILES string of the molecule is NCCC1CCC(c2ccc3ccccc3n2)CC1. The van der Waals surface area contributed by atoms with E-state index in [4.69, 9.17) is 10.7 Å². The van der Waals surface area contributed by atoms with Gasteiger partial charge in [-0.2, -0.15) is 0 Å². The molecule has 0 unspecified atom stereocenters. The minimum atomic E-state index is 0.652. The predicted molar refractivity (Wildman–Crippen MR) is 80.1 cm³/mol. The van der Waals surface area contributed by atoms with Crippen LogP contribution in [-0.4, -0.2) is 11.5 Å². The second kappa shape index (κ2) is 5.70. The van der Waals surface area contributed by atoms with E-state index >= 15 is 0 Å². The Hall–Kier alpha value is -1.41. The molecule has 3 rings (SSSR count). The van der Waals surface area contributed by atoms with Crippen molar-refractivity contribution in [2.75, 3.05) is 6.54 Å². The predicted octanol–water partition coefficient (Wildman–Crippen LogP) is 3.86. The molecule has 0 radical (unpaired) electrons. The molecule has 2 aromatic rings. The monoisotopic (exact) mass is 254 g/mol. The fourth-order valence-corrected chi connectivity index (χ4v) is 3.29. The number of hydrogen-bond acceptors (Lipinski definition) is 2. The van der Waals surface area contributed by atoms with Gasteiger partial charge in [0, 0.05) is 17.0 Å². The summed E-state index contributed by atoms with van der Waals surface area (Å²) in [6.45, 7) is 0.837. The van der Waals surface area contributed by atoms with Gasteiger partial charge in [0.25, 0.3) is 0 Å². The largest absolute Gasteiger partial charge is 0.330 e. The third-order valence-electron chi connectivity index (χ3n) is 4.46. The van der Waals surface area contributed by atoms with E-state index in [9.17, 15) is 0 Å². The van der Waals surface area contributed by atoms with Gasteiger partial charge in [-0.25, -0.2) is 0 Å². The highest BCUT2D eigenvalue weighted by molar-refractivity contribution is 5.78. The third-order valence-corrected chi connectivity index (χ3v) is 4.46. The first kappa shape index (κ1) is 12.6. The molecule has 1 aliphatic rings. The molecule has 0 atom stereocenters. The zero-order valence-corrected chi connectivity index (χ0v) is 11.4. The minimum absolute atomic E-state index is 0.652. The first-order valence-corrected chi connectivity index (χ1v) is 7.42. The van der Waals surface area contributed by atoms with Crippen LogP contribution in [-0.2, 0) is 0 Å². The van der Waals surface area contributed by atoms with Crippen LogP contribution in [0.2, 0.25) is 0 Å². The molecule has 0 aliphatic heterocycles. The van der Waals surface area contributed by atoms with Gasteiger partial charge in [-0.3, -0.25) is 4.98 Å². The average Bonchev–Trinajstić information content (AvgIpc) is 2.48. The lowest BCUT2D eigenvalue weighted by Crippen LogP contribution is -2.17. The summed E-state index contributed by atoms with van der Waals surface area (Å²) in [5, 5.41) is 1.24. The fraction of sp³-hybridized carbons (Fsp3) is 0.471. The van der Waals surface area contributed by atoms with Crippen molar-refractivity contribution in [2.45, 2.75) is 38.0 Å². The van der Waals surface area contributed by atoms with Crippen molar-refractivity contribution in [1.82, 2.24) is 4.98 Å². The lowest BCUT2D eigenvalue weighted by molar-refractivity contribution is 0.311. The highest BCUT2D eigenvalue weighted by Crippen LogP contribution is 2.36. The normalized spacial score (nSPS) is 23.6. The summed E-state index contributed by atoms with van der Waals surface area (Å²) in [4.78, 5) is 4.85. The molecule has 1 fully saturated rings. The van der Waals surface area contributed by atoms with E-state index in [2.05, 4.69) is 36.4 Å². The summed E-state index contributed by atoms with van der Waals surface area (Å²) >= 11 is 0. The second-order valence-electron chi connectivity index (χ2n) is 5.72. The Kier molecular flexibility index (Phi) is 3.79. The van der Waals surface area contributed by atoms with Crippen molar-refractivity contribution < 1.29 is 0 Å². The summed E-state index contributed by atoms with van der Waals surface area (Å²) in [6, 6.07) is 12.8. The Balaban J connectivity index is 1.74. The van der Waals surface area contributed by atoms with Gasteiger partial charge in [-0.05, 0) is 56.7 Å². The Labute approximate surface area is 115 Å². The minimum Gasteiger partial charge on any atom is -0.330 e. The van der Waals surface area contributed by atoms with Crippen molar-refractivity contribution in [3.05, 3.63) is 42.1 Å². The molecule has 0 saturated heterocycles. The Morgan fingerprint density at radius 3 is 2.58 bits per heavy atom. The molecule has 0 bridgehead atoms. The van der Waals surface area contributed by atoms with Crippen LogP contribution in [0.15, 0.2) is 36.4 Å². The van der Waals surface area contributed by atoms with Crippen molar-refractivity contribution in [3.63, 3.8) is 0 Å². The summed E-state index contributed by atoms with van der Waals surface area (Å²) in [7, 11) is 0. The van der Waals surface area contributed by atoms with Crippen molar-refractivity contribution in [2.24, 2.45) is 11.7 Å². The molecule has 2 heteroatoms. The number of fused-ring (bicyclic) bond motifs is 1. The molecular formula is C17H22N2. The van der Waals surface area contributed by atoms with Gasteiger partial charge in [0.2, 0.25) is 0 Å². The number of aromatic nitrogens is 1. The Morgan fingerprint density at radius 1 is 1.00 bits per heavy atom. The van der Waals surface area contributed by atoms with E-state index in [0.29, 0.717) is 5.92 Å². The molecule has 1 saturated carbocycles. The zero-order valence-electron chi connectivity index (χ0n) is 11.4. The molecular weight excluding hydrogens is 232 g/mol. The number of pyridine rings is 1. The van der Waals surface area contributed by atoms with Crippen LogP contribution in [0, 0.1) is 5.92 Å². The van der Waals surface area contributed by atoms with Gasteiger partial charge < -0.3 is 5.73 Å². The van der Waals surface area contributed by atoms with Gasteiger partial charge in [-0.15, -0.1) is 0 Å². The number of rotatable bonds is 3. The van der Waals surface area contributed by atoms with E-state index in [1.165, 1.54) is 43.2 Å². The summed E-state index contributed by atoms with van der Waals surface area (Å²) in [5.41, 5.74) is 8.07. The molecule has 1 aromatic carbocycles. The molecule has 1 aromatic heterocycles. The lowest BCUT2D eigenvalue weighted by atomic mass is 9.79. The van der Waals surface area contributed by atoms with Crippen molar-refractivity contribution >= 4 is 10.9 Å². The topological polar surface area (TPSA) is 38.9 Å². The first-order chi connectivity index (χ1) is 9.36. The molecule has 0 amide bonds. The highest BCUT2D eigenvalue weighted by Gasteiger charge is 2.22. The van der Waals surface area contributed by atoms with Crippen LogP contribution >= 0.6 is 0 Å². The van der Waals surface area contributed by atoms with E-state index in [1.807, 2.05) is 0 Å². The fourth-order valence-electron chi connectivity index (χ4n) is 3.29. The van der Waals surface area contributed by atoms with Gasteiger partial charge in [0.05, 0.1) is 5.52 Å². The van der Waals surface area contributed by atoms with Crippen LogP contribution in [0.1, 0.15) is 43.7 Å². The quantitative estimate of drug-likeness (QED) is 0.903. The maximum absolute atomic E-state index is 5.66. The number of benzene rings is 1. The molecule has 19 heavy (non-hydrogen) atoms. The van der Waals surface area contributed by atoms with Crippen molar-refractivity contribution in [1.29, 1.82) is 0 Å². The first-order valence-electron chi connectivity index (χ1n) is 7.42. The third kappa shape index (κ3) is 2.79. The van der Waals surface area contributed by atoms with Crippen LogP contribution in [0.4, 0.5) is 0 Å². The van der Waals surface area contributed by atoms with Gasteiger partial charge >= 0.3 is 0 Å². The van der Waals surface area contributed by atoms with Gasteiger partial charge in [0.1, 0.15) is 0 Å².